The van der Waals surface area contributed by atoms with E-state index in [0.717, 1.165) is 0 Å². The quantitative estimate of drug-likeness (QED) is 0.870. The van der Waals surface area contributed by atoms with Gasteiger partial charge in [0, 0.05) is 12.7 Å². The van der Waals surface area contributed by atoms with Crippen molar-refractivity contribution in [2.45, 2.75) is 32.2 Å². The number of carboxylic acids is 1. The van der Waals surface area contributed by atoms with Crippen molar-refractivity contribution in [2.75, 3.05) is 11.9 Å². The number of benzene rings is 1. The first-order valence-corrected chi connectivity index (χ1v) is 6.63. The number of carboxylic acid groups (broad SMARTS) is 1. The lowest BCUT2D eigenvalue weighted by atomic mass is 9.96. The summed E-state index contributed by atoms with van der Waals surface area (Å²) in [6.45, 7) is 3.34. The Labute approximate surface area is 124 Å². The van der Waals surface area contributed by atoms with E-state index in [2.05, 4.69) is 5.32 Å². The van der Waals surface area contributed by atoms with Gasteiger partial charge in [-0.25, -0.2) is 9.59 Å². The summed E-state index contributed by atoms with van der Waals surface area (Å²) in [5, 5.41) is 20.7. The molecule has 0 bridgehead atoms. The van der Waals surface area contributed by atoms with Crippen molar-refractivity contribution in [2.24, 2.45) is 0 Å². The number of nitrogens with one attached hydrogen (secondary N) is 1. The van der Waals surface area contributed by atoms with Gasteiger partial charge < -0.3 is 10.4 Å². The highest BCUT2D eigenvalue weighted by atomic mass is 16.4. The van der Waals surface area contributed by atoms with Crippen LogP contribution in [0.5, 0.6) is 0 Å². The molecule has 0 spiro atoms. The monoisotopic (exact) mass is 289 g/mol. The van der Waals surface area contributed by atoms with Crippen LogP contribution in [0.2, 0.25) is 0 Å². The standard InChI is InChI=1S/C15H19N3O3/c1-4-8-15(2,13(19)20)17-14(21)18(3)12-7-5-6-11(9-12)10-16/h5-7,9H,4,8H2,1-3H3,(H,17,21)(H,19,20). The van der Waals surface area contributed by atoms with Crippen molar-refractivity contribution in [1.82, 2.24) is 5.32 Å². The molecule has 1 rings (SSSR count). The average Bonchev–Trinajstić information content (AvgIpc) is 2.46. The molecule has 0 heterocycles. The molecule has 1 atom stereocenters. The van der Waals surface area contributed by atoms with Crippen LogP contribution in [0.4, 0.5) is 10.5 Å². The van der Waals surface area contributed by atoms with Gasteiger partial charge in [-0.2, -0.15) is 5.26 Å². The molecular weight excluding hydrogens is 270 g/mol. The average molecular weight is 289 g/mol. The molecule has 0 aromatic heterocycles. The lowest BCUT2D eigenvalue weighted by Gasteiger charge is -2.29. The highest BCUT2D eigenvalue weighted by molar-refractivity contribution is 5.95. The minimum Gasteiger partial charge on any atom is -0.480 e. The Morgan fingerprint density at radius 2 is 2.14 bits per heavy atom. The molecule has 112 valence electrons. The van der Waals surface area contributed by atoms with Crippen molar-refractivity contribution in [1.29, 1.82) is 5.26 Å². The smallest absolute Gasteiger partial charge is 0.329 e. The number of nitriles is 1. The van der Waals surface area contributed by atoms with Crippen LogP contribution in [0.15, 0.2) is 24.3 Å². The second-order valence-corrected chi connectivity index (χ2v) is 5.04. The van der Waals surface area contributed by atoms with Crippen molar-refractivity contribution < 1.29 is 14.7 Å². The molecule has 0 saturated carbocycles. The zero-order valence-corrected chi connectivity index (χ0v) is 12.4. The van der Waals surface area contributed by atoms with Gasteiger partial charge in [-0.1, -0.05) is 19.4 Å². The van der Waals surface area contributed by atoms with E-state index in [1.54, 1.807) is 24.3 Å². The van der Waals surface area contributed by atoms with E-state index in [1.807, 2.05) is 13.0 Å². The predicted molar refractivity (Wildman–Crippen MR) is 79.0 cm³/mol. The molecule has 0 aliphatic rings. The fourth-order valence-electron chi connectivity index (χ4n) is 1.94. The van der Waals surface area contributed by atoms with Gasteiger partial charge in [0.15, 0.2) is 0 Å². The molecule has 0 saturated heterocycles. The second kappa shape index (κ2) is 6.75. The molecule has 0 aliphatic heterocycles. The van der Waals surface area contributed by atoms with E-state index in [0.29, 0.717) is 24.1 Å². The minimum atomic E-state index is -1.31. The first-order valence-electron chi connectivity index (χ1n) is 6.63. The molecule has 2 amide bonds. The Hall–Kier alpha value is -2.55. The topological polar surface area (TPSA) is 93.4 Å². The molecule has 1 aromatic rings. The third-order valence-electron chi connectivity index (χ3n) is 3.27. The van der Waals surface area contributed by atoms with Gasteiger partial charge in [-0.05, 0) is 31.5 Å². The Morgan fingerprint density at radius 3 is 2.67 bits per heavy atom. The Morgan fingerprint density at radius 1 is 1.48 bits per heavy atom. The molecule has 0 fully saturated rings. The number of hydrogen-bond acceptors (Lipinski definition) is 3. The van der Waals surface area contributed by atoms with Crippen LogP contribution in [0, 0.1) is 11.3 Å². The molecule has 0 aliphatic carbocycles. The van der Waals surface area contributed by atoms with Gasteiger partial charge in [0.1, 0.15) is 5.54 Å². The summed E-state index contributed by atoms with van der Waals surface area (Å²) in [6.07, 6.45) is 0.969. The van der Waals surface area contributed by atoms with Crippen LogP contribution >= 0.6 is 0 Å². The third-order valence-corrected chi connectivity index (χ3v) is 3.27. The minimum absolute atomic E-state index is 0.333. The van der Waals surface area contributed by atoms with E-state index >= 15 is 0 Å². The molecule has 21 heavy (non-hydrogen) atoms. The number of aliphatic carboxylic acids is 1. The van der Waals surface area contributed by atoms with Crippen molar-refractivity contribution in [3.05, 3.63) is 29.8 Å². The van der Waals surface area contributed by atoms with Crippen LogP contribution in [0.1, 0.15) is 32.3 Å². The predicted octanol–water partition coefficient (Wildman–Crippen LogP) is 2.35. The van der Waals surface area contributed by atoms with E-state index in [9.17, 15) is 14.7 Å². The summed E-state index contributed by atoms with van der Waals surface area (Å²) in [5.74, 6) is -1.07. The summed E-state index contributed by atoms with van der Waals surface area (Å²) >= 11 is 0. The van der Waals surface area contributed by atoms with Crippen LogP contribution in [-0.4, -0.2) is 29.7 Å². The fourth-order valence-corrected chi connectivity index (χ4v) is 1.94. The highest BCUT2D eigenvalue weighted by Gasteiger charge is 2.34. The third kappa shape index (κ3) is 3.96. The number of nitrogens with zero attached hydrogens (tertiary/aromatic N) is 2. The Balaban J connectivity index is 2.92. The zero-order valence-electron chi connectivity index (χ0n) is 12.4. The molecule has 2 N–H and O–H groups in total. The first-order chi connectivity index (χ1) is 9.84. The van der Waals surface area contributed by atoms with Crippen molar-refractivity contribution in [3.8, 4) is 6.07 Å². The van der Waals surface area contributed by atoms with Crippen molar-refractivity contribution in [3.63, 3.8) is 0 Å². The molecule has 1 aromatic carbocycles. The van der Waals surface area contributed by atoms with Gasteiger partial charge in [0.25, 0.3) is 0 Å². The van der Waals surface area contributed by atoms with E-state index < -0.39 is 17.5 Å². The van der Waals surface area contributed by atoms with E-state index in [4.69, 9.17) is 5.26 Å². The first kappa shape index (κ1) is 16.5. The number of rotatable bonds is 5. The van der Waals surface area contributed by atoms with Gasteiger partial charge >= 0.3 is 12.0 Å². The van der Waals surface area contributed by atoms with Crippen LogP contribution < -0.4 is 10.2 Å². The van der Waals surface area contributed by atoms with Crippen LogP contribution in [-0.2, 0) is 4.79 Å². The Kier molecular flexibility index (Phi) is 5.30. The maximum atomic E-state index is 12.2. The number of urea groups is 1. The molecule has 6 heteroatoms. The molecule has 6 nitrogen and oxygen atoms in total. The maximum Gasteiger partial charge on any atom is 0.329 e. The van der Waals surface area contributed by atoms with Gasteiger partial charge in [0.05, 0.1) is 11.6 Å². The second-order valence-electron chi connectivity index (χ2n) is 5.04. The van der Waals surface area contributed by atoms with Crippen LogP contribution in [0.3, 0.4) is 0 Å². The summed E-state index contributed by atoms with van der Waals surface area (Å²) in [5.41, 5.74) is -0.357. The number of anilines is 1. The number of carbonyl (C=O) groups excluding carboxylic acids is 1. The molecule has 1 unspecified atom stereocenters. The number of hydrogen-bond donors (Lipinski definition) is 2. The van der Waals surface area contributed by atoms with Crippen molar-refractivity contribution >= 4 is 17.7 Å². The van der Waals surface area contributed by atoms with Gasteiger partial charge in [-0.15, -0.1) is 0 Å². The lowest BCUT2D eigenvalue weighted by molar-refractivity contribution is -0.144. The molecular formula is C15H19N3O3. The largest absolute Gasteiger partial charge is 0.480 e. The van der Waals surface area contributed by atoms with E-state index in [1.165, 1.54) is 18.9 Å². The zero-order chi connectivity index (χ0) is 16.0. The highest BCUT2D eigenvalue weighted by Crippen LogP contribution is 2.17. The summed E-state index contributed by atoms with van der Waals surface area (Å²) in [6, 6.07) is 8.02. The van der Waals surface area contributed by atoms with E-state index in [-0.39, 0.29) is 0 Å². The fraction of sp³-hybridized carbons (Fsp3) is 0.400. The Bertz CT molecular complexity index is 580. The van der Waals surface area contributed by atoms with Gasteiger partial charge in [0.2, 0.25) is 0 Å². The van der Waals surface area contributed by atoms with Gasteiger partial charge in [-0.3, -0.25) is 4.90 Å². The summed E-state index contributed by atoms with van der Waals surface area (Å²) < 4.78 is 0. The normalized spacial score (nSPS) is 12.9. The summed E-state index contributed by atoms with van der Waals surface area (Å²) in [4.78, 5) is 24.8. The lowest BCUT2D eigenvalue weighted by Crippen LogP contribution is -2.55. The number of carbonyl (C=O) groups is 2. The molecule has 0 radical (unpaired) electrons. The van der Waals surface area contributed by atoms with Crippen LogP contribution in [0.25, 0.3) is 0 Å². The SMILES string of the molecule is CCCC(C)(NC(=O)N(C)c1cccc(C#N)c1)C(=O)O. The number of amides is 2. The maximum absolute atomic E-state index is 12.2. The summed E-state index contributed by atoms with van der Waals surface area (Å²) in [7, 11) is 1.53.